The van der Waals surface area contributed by atoms with Gasteiger partial charge >= 0.3 is 5.97 Å². The van der Waals surface area contributed by atoms with E-state index >= 15 is 0 Å². The molecule has 0 aromatic rings. The quantitative estimate of drug-likeness (QED) is 0.0321. The maximum atomic E-state index is 12.4. The second-order valence-corrected chi connectivity index (χ2v) is 19.6. The van der Waals surface area contributed by atoms with Crippen LogP contribution in [0, 0.1) is 0 Å². The summed E-state index contributed by atoms with van der Waals surface area (Å²) < 4.78 is 5.47. The van der Waals surface area contributed by atoms with Crippen LogP contribution in [0.15, 0.2) is 36.5 Å². The van der Waals surface area contributed by atoms with E-state index in [4.69, 9.17) is 4.74 Å². The fraction of sp³-hybridized carbons (Fsp3) is 0.864. The van der Waals surface area contributed by atoms with Crippen molar-refractivity contribution in [3.8, 4) is 0 Å². The van der Waals surface area contributed by atoms with Crippen LogP contribution in [0.5, 0.6) is 0 Å². The summed E-state index contributed by atoms with van der Waals surface area (Å²) in [7, 11) is 0. The third-order valence-corrected chi connectivity index (χ3v) is 13.2. The lowest BCUT2D eigenvalue weighted by Crippen LogP contribution is -2.45. The number of amides is 1. The van der Waals surface area contributed by atoms with E-state index in [1.54, 1.807) is 6.08 Å². The Kier molecular flexibility index (Phi) is 53.1. The summed E-state index contributed by atoms with van der Waals surface area (Å²) in [5.74, 6) is -0.161. The Morgan fingerprint density at radius 1 is 0.431 bits per heavy atom. The number of hydrogen-bond donors (Lipinski definition) is 3. The molecule has 0 aliphatic heterocycles. The summed E-state index contributed by atoms with van der Waals surface area (Å²) in [6, 6.07) is -0.672. The van der Waals surface area contributed by atoms with Crippen molar-refractivity contribution < 1.29 is 24.5 Å². The SMILES string of the molecule is CCCCCCCCCCCCCCCCC/C=C/C(O)C(CO)NC(=O)CC/C=C\C/C=C\CCCCCCCCOC(=O)CCCCCCCCCCCCCCCCCCCC. The molecule has 0 heterocycles. The molecule has 0 bridgehead atoms. The number of esters is 1. The van der Waals surface area contributed by atoms with Crippen LogP contribution in [0.3, 0.4) is 0 Å². The van der Waals surface area contributed by atoms with Crippen molar-refractivity contribution in [3.63, 3.8) is 0 Å². The van der Waals surface area contributed by atoms with E-state index in [0.717, 1.165) is 51.4 Å². The number of rotatable bonds is 53. The van der Waals surface area contributed by atoms with Crippen molar-refractivity contribution in [3.05, 3.63) is 36.5 Å². The van der Waals surface area contributed by atoms with Crippen molar-refractivity contribution in [2.45, 2.75) is 315 Å². The first-order valence-corrected chi connectivity index (χ1v) is 28.8. The lowest BCUT2D eigenvalue weighted by molar-refractivity contribution is -0.143. The van der Waals surface area contributed by atoms with E-state index in [-0.39, 0.29) is 18.5 Å². The minimum atomic E-state index is -0.879. The summed E-state index contributed by atoms with van der Waals surface area (Å²) in [4.78, 5) is 24.5. The molecule has 0 aromatic carbocycles. The van der Waals surface area contributed by atoms with Gasteiger partial charge in [-0.1, -0.05) is 275 Å². The number of nitrogens with one attached hydrogen (secondary N) is 1. The first-order chi connectivity index (χ1) is 32.0. The van der Waals surface area contributed by atoms with Gasteiger partial charge in [0.1, 0.15) is 0 Å². The number of carbonyl (C=O) groups excluding carboxylic acids is 2. The van der Waals surface area contributed by atoms with Crippen molar-refractivity contribution in [1.29, 1.82) is 0 Å². The molecule has 65 heavy (non-hydrogen) atoms. The predicted octanol–water partition coefficient (Wildman–Crippen LogP) is 17.6. The number of ether oxygens (including phenoxy) is 1. The maximum absolute atomic E-state index is 12.4. The highest BCUT2D eigenvalue weighted by Crippen LogP contribution is 2.17. The largest absolute Gasteiger partial charge is 0.466 e. The molecule has 0 saturated heterocycles. The molecule has 0 saturated carbocycles. The molecule has 3 N–H and O–H groups in total. The number of unbranched alkanes of at least 4 members (excludes halogenated alkanes) is 38. The van der Waals surface area contributed by atoms with E-state index in [1.807, 2.05) is 12.2 Å². The molecule has 0 radical (unpaired) electrons. The molecule has 6 nitrogen and oxygen atoms in total. The Hall–Kier alpha value is -1.92. The van der Waals surface area contributed by atoms with Crippen molar-refractivity contribution in [2.75, 3.05) is 13.2 Å². The van der Waals surface area contributed by atoms with Crippen molar-refractivity contribution in [2.24, 2.45) is 0 Å². The summed E-state index contributed by atoms with van der Waals surface area (Å²) in [5, 5.41) is 23.0. The van der Waals surface area contributed by atoms with Gasteiger partial charge in [-0.2, -0.15) is 0 Å². The van der Waals surface area contributed by atoms with E-state index in [0.29, 0.717) is 25.9 Å². The van der Waals surface area contributed by atoms with Gasteiger partial charge in [0, 0.05) is 12.8 Å². The fourth-order valence-corrected chi connectivity index (χ4v) is 8.74. The van der Waals surface area contributed by atoms with Gasteiger partial charge in [-0.15, -0.1) is 0 Å². The predicted molar refractivity (Wildman–Crippen MR) is 283 cm³/mol. The van der Waals surface area contributed by atoms with E-state index < -0.39 is 12.1 Å². The number of carbonyl (C=O) groups is 2. The molecule has 2 atom stereocenters. The molecule has 0 spiro atoms. The monoisotopic (exact) mass is 914 g/mol. The van der Waals surface area contributed by atoms with Gasteiger partial charge < -0.3 is 20.3 Å². The van der Waals surface area contributed by atoms with Crippen LogP contribution in [0.1, 0.15) is 303 Å². The molecule has 1 amide bonds. The third-order valence-electron chi connectivity index (χ3n) is 13.2. The van der Waals surface area contributed by atoms with Gasteiger partial charge in [-0.25, -0.2) is 0 Å². The van der Waals surface area contributed by atoms with E-state index in [1.165, 1.54) is 218 Å². The molecule has 0 aliphatic rings. The number of aliphatic hydroxyl groups excluding tert-OH is 2. The molecular weight excluding hydrogens is 803 g/mol. The van der Waals surface area contributed by atoms with E-state index in [2.05, 4.69) is 37.4 Å². The molecule has 0 rings (SSSR count). The smallest absolute Gasteiger partial charge is 0.305 e. The van der Waals surface area contributed by atoms with Crippen LogP contribution >= 0.6 is 0 Å². The summed E-state index contributed by atoms with van der Waals surface area (Å²) >= 11 is 0. The normalized spacial score (nSPS) is 12.9. The van der Waals surface area contributed by atoms with Gasteiger partial charge in [0.2, 0.25) is 5.91 Å². The van der Waals surface area contributed by atoms with Crippen LogP contribution in [-0.4, -0.2) is 47.4 Å². The van der Waals surface area contributed by atoms with Gasteiger partial charge in [-0.05, 0) is 51.4 Å². The summed E-state index contributed by atoms with van der Waals surface area (Å²) in [5.41, 5.74) is 0. The van der Waals surface area contributed by atoms with Gasteiger partial charge in [-0.3, -0.25) is 9.59 Å². The average Bonchev–Trinajstić information content (AvgIpc) is 3.31. The minimum Gasteiger partial charge on any atom is -0.466 e. The van der Waals surface area contributed by atoms with Crippen LogP contribution in [0.2, 0.25) is 0 Å². The number of aliphatic hydroxyl groups is 2. The highest BCUT2D eigenvalue weighted by molar-refractivity contribution is 5.76. The standard InChI is InChI=1S/C59H111NO5/c1-3-5-7-9-11-13-15-17-19-21-23-25-29-33-37-41-45-49-53-59(64)65-54-50-46-42-38-34-30-26-28-32-36-40-44-48-52-58(63)60-56(55-61)57(62)51-47-43-39-35-31-27-24-22-20-18-16-14-12-10-8-6-4-2/h28,32,40,44,47,51,56-57,61-62H,3-27,29-31,33-39,41-43,45-46,48-50,52-55H2,1-2H3,(H,60,63)/b32-28-,44-40-,51-47+. The Morgan fingerprint density at radius 2 is 0.785 bits per heavy atom. The number of hydrogen-bond acceptors (Lipinski definition) is 5. The highest BCUT2D eigenvalue weighted by Gasteiger charge is 2.17. The average molecular weight is 915 g/mol. The Bertz CT molecular complexity index is 1060. The lowest BCUT2D eigenvalue weighted by Gasteiger charge is -2.19. The summed E-state index contributed by atoms with van der Waals surface area (Å²) in [6.45, 7) is 4.85. The van der Waals surface area contributed by atoms with Gasteiger partial charge in [0.05, 0.1) is 25.4 Å². The zero-order valence-corrected chi connectivity index (χ0v) is 43.5. The maximum Gasteiger partial charge on any atom is 0.305 e. The molecule has 6 heteroatoms. The lowest BCUT2D eigenvalue weighted by atomic mass is 10.0. The fourth-order valence-electron chi connectivity index (χ4n) is 8.74. The first-order valence-electron chi connectivity index (χ1n) is 28.8. The van der Waals surface area contributed by atoms with Gasteiger partial charge in [0.25, 0.3) is 0 Å². The minimum absolute atomic E-state index is 0.0141. The van der Waals surface area contributed by atoms with E-state index in [9.17, 15) is 19.8 Å². The topological polar surface area (TPSA) is 95.9 Å². The van der Waals surface area contributed by atoms with Crippen LogP contribution in [0.4, 0.5) is 0 Å². The Labute approximate surface area is 404 Å². The Balaban J connectivity index is 3.55. The highest BCUT2D eigenvalue weighted by atomic mass is 16.5. The van der Waals surface area contributed by atoms with Crippen LogP contribution < -0.4 is 5.32 Å². The van der Waals surface area contributed by atoms with Gasteiger partial charge in [0.15, 0.2) is 0 Å². The Morgan fingerprint density at radius 3 is 1.20 bits per heavy atom. The summed E-state index contributed by atoms with van der Waals surface area (Å²) in [6.07, 6.45) is 67.5. The van der Waals surface area contributed by atoms with Crippen molar-refractivity contribution in [1.82, 2.24) is 5.32 Å². The van der Waals surface area contributed by atoms with Crippen molar-refractivity contribution >= 4 is 11.9 Å². The zero-order chi connectivity index (χ0) is 47.2. The molecule has 382 valence electrons. The second kappa shape index (κ2) is 54.7. The molecule has 0 fully saturated rings. The molecular formula is C59H111NO5. The zero-order valence-electron chi connectivity index (χ0n) is 43.5. The molecule has 0 aromatic heterocycles. The number of allylic oxidation sites excluding steroid dienone is 5. The molecule has 0 aliphatic carbocycles. The third kappa shape index (κ3) is 51.3. The van der Waals surface area contributed by atoms with Crippen LogP contribution in [0.25, 0.3) is 0 Å². The molecule has 2 unspecified atom stereocenters. The second-order valence-electron chi connectivity index (χ2n) is 19.6. The van der Waals surface area contributed by atoms with Crippen LogP contribution in [-0.2, 0) is 14.3 Å². The first kappa shape index (κ1) is 63.1.